The van der Waals surface area contributed by atoms with Crippen LogP contribution in [0.2, 0.25) is 5.02 Å². The third-order valence-corrected chi connectivity index (χ3v) is 4.56. The number of pyridine rings is 1. The van der Waals surface area contributed by atoms with Gasteiger partial charge in [0.1, 0.15) is 5.03 Å². The molecule has 1 aromatic heterocycles. The summed E-state index contributed by atoms with van der Waals surface area (Å²) < 4.78 is 37.6. The SMILES string of the molecule is C[C@@H](NC(=O)CSc1ncc(C(F)(F)F)cc1Cl)c1ccccc1. The van der Waals surface area contributed by atoms with Gasteiger partial charge in [-0.3, -0.25) is 4.79 Å². The Morgan fingerprint density at radius 2 is 2.00 bits per heavy atom. The molecule has 0 aliphatic rings. The number of alkyl halides is 3. The Morgan fingerprint density at radius 1 is 1.33 bits per heavy atom. The normalized spacial score (nSPS) is 12.7. The molecule has 0 bridgehead atoms. The number of benzene rings is 1. The first-order valence-corrected chi connectivity index (χ1v) is 8.33. The number of thioether (sulfide) groups is 1. The molecule has 0 saturated carbocycles. The number of nitrogens with one attached hydrogen (secondary N) is 1. The third kappa shape index (κ3) is 5.14. The van der Waals surface area contributed by atoms with Crippen molar-refractivity contribution >= 4 is 29.3 Å². The van der Waals surface area contributed by atoms with Crippen molar-refractivity contribution in [2.24, 2.45) is 0 Å². The van der Waals surface area contributed by atoms with Crippen LogP contribution in [0.3, 0.4) is 0 Å². The number of rotatable bonds is 5. The number of hydrogen-bond donors (Lipinski definition) is 1. The van der Waals surface area contributed by atoms with Crippen molar-refractivity contribution in [3.63, 3.8) is 0 Å². The zero-order valence-electron chi connectivity index (χ0n) is 12.6. The van der Waals surface area contributed by atoms with Crippen molar-refractivity contribution in [1.29, 1.82) is 0 Å². The average Bonchev–Trinajstić information content (AvgIpc) is 2.53. The number of aromatic nitrogens is 1. The molecule has 1 amide bonds. The largest absolute Gasteiger partial charge is 0.417 e. The summed E-state index contributed by atoms with van der Waals surface area (Å²) in [5.41, 5.74) is 0.0422. The van der Waals surface area contributed by atoms with Crippen LogP contribution in [0.5, 0.6) is 0 Å². The van der Waals surface area contributed by atoms with Crippen LogP contribution in [0.15, 0.2) is 47.6 Å². The maximum atomic E-state index is 12.5. The lowest BCUT2D eigenvalue weighted by Crippen LogP contribution is -2.28. The van der Waals surface area contributed by atoms with Gasteiger partial charge in [0.2, 0.25) is 5.91 Å². The summed E-state index contributed by atoms with van der Waals surface area (Å²) in [5, 5.41) is 2.87. The van der Waals surface area contributed by atoms with E-state index in [0.717, 1.165) is 23.4 Å². The molecule has 0 radical (unpaired) electrons. The molecule has 2 rings (SSSR count). The van der Waals surface area contributed by atoms with Gasteiger partial charge in [-0.25, -0.2) is 4.98 Å². The fraction of sp³-hybridized carbons (Fsp3) is 0.250. The summed E-state index contributed by atoms with van der Waals surface area (Å²) in [4.78, 5) is 15.6. The smallest absolute Gasteiger partial charge is 0.349 e. The Bertz CT molecular complexity index is 710. The molecule has 1 aromatic carbocycles. The quantitative estimate of drug-likeness (QED) is 0.770. The van der Waals surface area contributed by atoms with E-state index in [0.29, 0.717) is 6.20 Å². The standard InChI is InChI=1S/C16H14ClF3N2OS/c1-10(11-5-3-2-4-6-11)22-14(23)9-24-15-13(17)7-12(8-21-15)16(18,19)20/h2-8,10H,9H2,1H3,(H,22,23)/t10-/m1/s1. The molecule has 24 heavy (non-hydrogen) atoms. The molecular weight excluding hydrogens is 361 g/mol. The Kier molecular flexibility index (Phi) is 6.12. The van der Waals surface area contributed by atoms with E-state index in [1.54, 1.807) is 0 Å². The fourth-order valence-electron chi connectivity index (χ4n) is 1.93. The lowest BCUT2D eigenvalue weighted by Gasteiger charge is -2.14. The summed E-state index contributed by atoms with van der Waals surface area (Å²) in [5.74, 6) is -0.246. The number of carbonyl (C=O) groups is 1. The molecule has 3 nitrogen and oxygen atoms in total. The van der Waals surface area contributed by atoms with Gasteiger partial charge >= 0.3 is 6.18 Å². The molecule has 0 aliphatic carbocycles. The summed E-state index contributed by atoms with van der Waals surface area (Å²) in [6.45, 7) is 1.85. The molecule has 128 valence electrons. The van der Waals surface area contributed by atoms with Crippen LogP contribution in [0, 0.1) is 0 Å². The van der Waals surface area contributed by atoms with Gasteiger partial charge in [-0.1, -0.05) is 53.7 Å². The molecule has 0 fully saturated rings. The van der Waals surface area contributed by atoms with E-state index in [9.17, 15) is 18.0 Å². The zero-order valence-corrected chi connectivity index (χ0v) is 14.2. The highest BCUT2D eigenvalue weighted by Crippen LogP contribution is 2.33. The molecule has 0 unspecified atom stereocenters. The summed E-state index contributed by atoms with van der Waals surface area (Å²) in [6.07, 6.45) is -3.79. The molecule has 1 N–H and O–H groups in total. The zero-order chi connectivity index (χ0) is 17.7. The van der Waals surface area contributed by atoms with Crippen molar-refractivity contribution in [3.8, 4) is 0 Å². The highest BCUT2D eigenvalue weighted by Gasteiger charge is 2.31. The Hall–Kier alpha value is -1.73. The van der Waals surface area contributed by atoms with Gasteiger partial charge in [0.15, 0.2) is 0 Å². The van der Waals surface area contributed by atoms with Gasteiger partial charge in [-0.15, -0.1) is 0 Å². The van der Waals surface area contributed by atoms with Crippen LogP contribution >= 0.6 is 23.4 Å². The predicted molar refractivity (Wildman–Crippen MR) is 88.0 cm³/mol. The number of carbonyl (C=O) groups excluding carboxylic acids is 1. The molecular formula is C16H14ClF3N2OS. The van der Waals surface area contributed by atoms with E-state index in [1.807, 2.05) is 37.3 Å². The maximum Gasteiger partial charge on any atom is 0.417 e. The van der Waals surface area contributed by atoms with Gasteiger partial charge in [0.25, 0.3) is 0 Å². The van der Waals surface area contributed by atoms with Crippen molar-refractivity contribution < 1.29 is 18.0 Å². The second-order valence-electron chi connectivity index (χ2n) is 5.00. The van der Waals surface area contributed by atoms with Gasteiger partial charge in [0, 0.05) is 6.20 Å². The minimum absolute atomic E-state index is 0.00918. The van der Waals surface area contributed by atoms with Gasteiger partial charge < -0.3 is 5.32 Å². The van der Waals surface area contributed by atoms with Crippen molar-refractivity contribution in [2.45, 2.75) is 24.2 Å². The summed E-state index contributed by atoms with van der Waals surface area (Å²) in [6, 6.07) is 10.1. The first-order chi connectivity index (χ1) is 11.3. The molecule has 1 heterocycles. The number of hydrogen-bond acceptors (Lipinski definition) is 3. The Morgan fingerprint density at radius 3 is 2.58 bits per heavy atom. The molecule has 1 atom stereocenters. The second-order valence-corrected chi connectivity index (χ2v) is 6.37. The first kappa shape index (κ1) is 18.6. The van der Waals surface area contributed by atoms with Crippen molar-refractivity contribution in [2.75, 3.05) is 5.75 Å². The molecule has 0 saturated heterocycles. The molecule has 0 spiro atoms. The minimum atomic E-state index is -4.50. The van der Waals surface area contributed by atoms with Crippen molar-refractivity contribution in [1.82, 2.24) is 10.3 Å². The molecule has 0 aliphatic heterocycles. The summed E-state index contributed by atoms with van der Waals surface area (Å²) in [7, 11) is 0. The molecule has 8 heteroatoms. The monoisotopic (exact) mass is 374 g/mol. The first-order valence-electron chi connectivity index (χ1n) is 6.97. The topological polar surface area (TPSA) is 42.0 Å². The van der Waals surface area contributed by atoms with Gasteiger partial charge in [0.05, 0.1) is 22.4 Å². The van der Waals surface area contributed by atoms with E-state index < -0.39 is 11.7 Å². The van der Waals surface area contributed by atoms with Crippen LogP contribution in [0.4, 0.5) is 13.2 Å². The summed E-state index contributed by atoms with van der Waals surface area (Å²) >= 11 is 6.79. The number of halogens is 4. The minimum Gasteiger partial charge on any atom is -0.349 e. The van der Waals surface area contributed by atoms with E-state index in [1.165, 1.54) is 0 Å². The average molecular weight is 375 g/mol. The van der Waals surface area contributed by atoms with E-state index in [4.69, 9.17) is 11.6 Å². The van der Waals surface area contributed by atoms with Crippen LogP contribution in [0.1, 0.15) is 24.1 Å². The van der Waals surface area contributed by atoms with Gasteiger partial charge in [-0.2, -0.15) is 13.2 Å². The highest BCUT2D eigenvalue weighted by atomic mass is 35.5. The van der Waals surface area contributed by atoms with E-state index in [-0.39, 0.29) is 27.8 Å². The van der Waals surface area contributed by atoms with Crippen LogP contribution in [-0.4, -0.2) is 16.6 Å². The Labute approximate surface area is 146 Å². The van der Waals surface area contributed by atoms with Crippen LogP contribution < -0.4 is 5.32 Å². The van der Waals surface area contributed by atoms with Crippen LogP contribution in [0.25, 0.3) is 0 Å². The fourth-order valence-corrected chi connectivity index (χ4v) is 2.93. The van der Waals surface area contributed by atoms with Crippen molar-refractivity contribution in [3.05, 3.63) is 58.7 Å². The van der Waals surface area contributed by atoms with E-state index >= 15 is 0 Å². The third-order valence-electron chi connectivity index (χ3n) is 3.15. The Balaban J connectivity index is 1.92. The lowest BCUT2D eigenvalue weighted by molar-refractivity contribution is -0.137. The lowest BCUT2D eigenvalue weighted by atomic mass is 10.1. The van der Waals surface area contributed by atoms with E-state index in [2.05, 4.69) is 10.3 Å². The number of amides is 1. The van der Waals surface area contributed by atoms with Crippen LogP contribution in [-0.2, 0) is 11.0 Å². The molecule has 2 aromatic rings. The highest BCUT2D eigenvalue weighted by molar-refractivity contribution is 8.00. The maximum absolute atomic E-state index is 12.5. The predicted octanol–water partition coefficient (Wildman–Crippen LogP) is 4.72. The van der Waals surface area contributed by atoms with Gasteiger partial charge in [-0.05, 0) is 18.6 Å². The number of nitrogens with zero attached hydrogens (tertiary/aromatic N) is 1. The second kappa shape index (κ2) is 7.90.